The molecular weight excluding hydrogens is 655 g/mol. The fourth-order valence-electron chi connectivity index (χ4n) is 6.52. The fourth-order valence-corrected chi connectivity index (χ4v) is 6.52. The van der Waals surface area contributed by atoms with Gasteiger partial charge in [0, 0.05) is 16.7 Å². The van der Waals surface area contributed by atoms with Gasteiger partial charge in [0.2, 0.25) is 0 Å². The van der Waals surface area contributed by atoms with Gasteiger partial charge in [0.25, 0.3) is 0 Å². The Kier molecular flexibility index (Phi) is 4.85. The molecule has 10 aromatic rings. The van der Waals surface area contributed by atoms with Crippen LogP contribution in [0.3, 0.4) is 0 Å². The summed E-state index contributed by atoms with van der Waals surface area (Å²) in [4.78, 5) is 14.4. The summed E-state index contributed by atoms with van der Waals surface area (Å²) >= 11 is 0. The lowest BCUT2D eigenvalue weighted by molar-refractivity contribution is 1.07. The van der Waals surface area contributed by atoms with Gasteiger partial charge in [0.15, 0.2) is 17.5 Å². The molecule has 3 heteroatoms. The van der Waals surface area contributed by atoms with Crippen LogP contribution in [0.25, 0.3) is 99.9 Å². The summed E-state index contributed by atoms with van der Waals surface area (Å²) < 4.78 is 136. The second kappa shape index (κ2) is 13.4. The number of nitrogens with zero attached hydrogens (tertiary/aromatic N) is 3. The van der Waals surface area contributed by atoms with E-state index in [-0.39, 0.29) is 50.0 Å². The zero-order valence-corrected chi connectivity index (χ0v) is 28.2. The van der Waals surface area contributed by atoms with Gasteiger partial charge in [0.1, 0.15) is 0 Å². The van der Waals surface area contributed by atoms with E-state index in [1.54, 1.807) is 6.07 Å². The molecule has 0 saturated heterocycles. The number of fused-ring (bicyclic) bond motifs is 6. The maximum atomic E-state index is 9.78. The lowest BCUT2D eigenvalue weighted by atomic mass is 9.92. The van der Waals surface area contributed by atoms with E-state index in [2.05, 4.69) is 0 Å². The van der Waals surface area contributed by atoms with Crippen molar-refractivity contribution in [3.63, 3.8) is 0 Å². The lowest BCUT2D eigenvalue weighted by Crippen LogP contribution is -2.00. The predicted octanol–water partition coefficient (Wildman–Crippen LogP) is 13.3. The van der Waals surface area contributed by atoms with Crippen LogP contribution in [-0.4, -0.2) is 15.0 Å². The minimum Gasteiger partial charge on any atom is -0.208 e. The first kappa shape index (κ1) is 19.6. The van der Waals surface area contributed by atoms with Crippen LogP contribution in [0.15, 0.2) is 200 Å². The van der Waals surface area contributed by atoms with Gasteiger partial charge in [-0.1, -0.05) is 182 Å². The molecule has 0 radical (unpaired) electrons. The van der Waals surface area contributed by atoms with Gasteiger partial charge in [-0.2, -0.15) is 0 Å². The van der Waals surface area contributed by atoms with Crippen molar-refractivity contribution in [2.75, 3.05) is 0 Å². The number of aromatic nitrogens is 3. The molecule has 10 rings (SSSR count). The third-order valence-corrected chi connectivity index (χ3v) is 9.15. The molecule has 0 atom stereocenters. The van der Waals surface area contributed by atoms with Crippen molar-refractivity contribution in [1.29, 1.82) is 0 Å². The Morgan fingerprint density at radius 1 is 0.278 bits per heavy atom. The lowest BCUT2D eigenvalue weighted by Gasteiger charge is -2.13. The highest BCUT2D eigenvalue weighted by molar-refractivity contribution is 6.25. The van der Waals surface area contributed by atoms with Gasteiger partial charge < -0.3 is 0 Å². The van der Waals surface area contributed by atoms with E-state index in [1.807, 2.05) is 103 Å². The predicted molar refractivity (Wildman–Crippen MR) is 225 cm³/mol. The van der Waals surface area contributed by atoms with Crippen LogP contribution >= 0.6 is 0 Å². The Balaban J connectivity index is 1.28. The van der Waals surface area contributed by atoms with Crippen molar-refractivity contribution in [2.24, 2.45) is 0 Å². The van der Waals surface area contributed by atoms with Crippen molar-refractivity contribution in [3.05, 3.63) is 200 Å². The van der Waals surface area contributed by atoms with Gasteiger partial charge in [-0.25, -0.2) is 15.0 Å². The Bertz CT molecular complexity index is 3790. The molecule has 252 valence electrons. The van der Waals surface area contributed by atoms with Crippen LogP contribution < -0.4 is 0 Å². The summed E-state index contributed by atoms with van der Waals surface area (Å²) in [7, 11) is 0. The molecule has 0 saturated carbocycles. The Hall–Kier alpha value is -7.23. The third kappa shape index (κ3) is 5.78. The average molecular weight is 703 g/mol. The monoisotopic (exact) mass is 702 g/mol. The average Bonchev–Trinajstić information content (AvgIpc) is 3.37. The quantitative estimate of drug-likeness (QED) is 0.162. The zero-order chi connectivity index (χ0) is 48.9. The van der Waals surface area contributed by atoms with E-state index in [4.69, 9.17) is 27.3 Å². The Morgan fingerprint density at radius 3 is 1.37 bits per heavy atom. The first-order chi connectivity index (χ1) is 33.0. The van der Waals surface area contributed by atoms with E-state index in [0.29, 0.717) is 11.1 Å². The minimum absolute atomic E-state index is 0.139. The molecule has 0 N–H and O–H groups in total. The van der Waals surface area contributed by atoms with Crippen LogP contribution in [-0.2, 0) is 0 Å². The standard InChI is InChI=1S/C51H33N3/c1-3-13-34(14-4-1)36-25-27-37(28-26-36)49-52-50(41-19-11-17-38(31-41)35-15-5-2-6-16-35)54-51(53-49)42-20-12-18-39(32-42)40-29-30-47-45-23-8-7-21-43(45)44-22-9-10-24-46(44)48(47)33-40/h1-33H/i7D,8D,9D,10D,12D,18D,20D,21D,22D,23D,24D,29D,30D,32D,33D. The highest BCUT2D eigenvalue weighted by Crippen LogP contribution is 2.38. The van der Waals surface area contributed by atoms with E-state index >= 15 is 0 Å². The SMILES string of the molecule is [2H]c1c([2H])c(-c2nc(-c3ccc(-c4ccccc4)cc3)nc(-c3cccc(-c4ccccc4)c3)n2)c([2H])c(-c2c([2H])c([2H])c3c4c([2H])c([2H])c([2H])c([2H])c4c4c([2H])c([2H])c([2H])c([2H])c4c3c2[2H])c1[2H]. The molecule has 0 amide bonds. The summed E-state index contributed by atoms with van der Waals surface area (Å²) in [5.41, 5.74) is 3.27. The molecule has 1 heterocycles. The zero-order valence-electron chi connectivity index (χ0n) is 43.2. The number of hydrogen-bond donors (Lipinski definition) is 0. The second-order valence-corrected chi connectivity index (χ2v) is 12.4. The maximum absolute atomic E-state index is 9.78. The highest BCUT2D eigenvalue weighted by atomic mass is 15.0. The molecular formula is C51H33N3. The van der Waals surface area contributed by atoms with E-state index in [0.717, 1.165) is 22.3 Å². The molecule has 1 aromatic heterocycles. The molecule has 0 aliphatic heterocycles. The van der Waals surface area contributed by atoms with Crippen molar-refractivity contribution in [1.82, 2.24) is 15.0 Å². The fraction of sp³-hybridized carbons (Fsp3) is 0. The number of hydrogen-bond acceptors (Lipinski definition) is 3. The molecule has 0 aliphatic rings. The topological polar surface area (TPSA) is 38.7 Å². The summed E-state index contributed by atoms with van der Waals surface area (Å²) in [5, 5.41) is -2.20. The van der Waals surface area contributed by atoms with Gasteiger partial charge in [-0.05, 0) is 83.8 Å². The first-order valence-corrected chi connectivity index (χ1v) is 17.1. The largest absolute Gasteiger partial charge is 0.208 e. The molecule has 54 heavy (non-hydrogen) atoms. The van der Waals surface area contributed by atoms with Crippen molar-refractivity contribution >= 4 is 32.3 Å². The Labute approximate surface area is 335 Å². The van der Waals surface area contributed by atoms with Gasteiger partial charge in [0.05, 0.1) is 20.6 Å². The van der Waals surface area contributed by atoms with Crippen LogP contribution in [0, 0.1) is 0 Å². The summed E-state index contributed by atoms with van der Waals surface area (Å²) in [6, 6.07) is 23.6. The molecule has 3 nitrogen and oxygen atoms in total. The minimum atomic E-state index is -0.778. The number of benzene rings is 9. The molecule has 0 unspecified atom stereocenters. The highest BCUT2D eigenvalue weighted by Gasteiger charge is 2.15. The van der Waals surface area contributed by atoms with Gasteiger partial charge in [-0.15, -0.1) is 0 Å². The molecule has 0 fully saturated rings. The second-order valence-electron chi connectivity index (χ2n) is 12.4. The molecule has 0 spiro atoms. The van der Waals surface area contributed by atoms with E-state index in [9.17, 15) is 8.22 Å². The van der Waals surface area contributed by atoms with Gasteiger partial charge in [-0.3, -0.25) is 0 Å². The first-order valence-electron chi connectivity index (χ1n) is 24.6. The number of rotatable bonds is 6. The normalized spacial score (nSPS) is 15.2. The molecule has 9 aromatic carbocycles. The maximum Gasteiger partial charge on any atom is 0.164 e. The van der Waals surface area contributed by atoms with Crippen molar-refractivity contribution < 1.29 is 20.6 Å². The molecule has 0 bridgehead atoms. The third-order valence-electron chi connectivity index (χ3n) is 9.15. The summed E-state index contributed by atoms with van der Waals surface area (Å²) in [6.45, 7) is 0. The Morgan fingerprint density at radius 2 is 0.722 bits per heavy atom. The van der Waals surface area contributed by atoms with Crippen LogP contribution in [0.4, 0.5) is 0 Å². The van der Waals surface area contributed by atoms with Crippen molar-refractivity contribution in [3.8, 4) is 67.5 Å². The molecule has 0 aliphatic carbocycles. The summed E-state index contributed by atoms with van der Waals surface area (Å²) in [5.74, 6) is 0.0314. The van der Waals surface area contributed by atoms with Crippen molar-refractivity contribution in [2.45, 2.75) is 0 Å². The van der Waals surface area contributed by atoms with Crippen LogP contribution in [0.5, 0.6) is 0 Å². The smallest absolute Gasteiger partial charge is 0.164 e. The van der Waals surface area contributed by atoms with E-state index in [1.165, 1.54) is 0 Å². The van der Waals surface area contributed by atoms with Crippen LogP contribution in [0.2, 0.25) is 0 Å². The van der Waals surface area contributed by atoms with Gasteiger partial charge >= 0.3 is 0 Å². The van der Waals surface area contributed by atoms with E-state index < -0.39 is 107 Å². The summed E-state index contributed by atoms with van der Waals surface area (Å²) in [6.07, 6.45) is 0. The van der Waals surface area contributed by atoms with Crippen LogP contribution in [0.1, 0.15) is 20.6 Å².